The molecule has 0 unspecified atom stereocenters. The van der Waals surface area contributed by atoms with Gasteiger partial charge in [-0.1, -0.05) is 13.0 Å². The van der Waals surface area contributed by atoms with Gasteiger partial charge in [-0.05, 0) is 39.5 Å². The lowest BCUT2D eigenvalue weighted by Gasteiger charge is -2.54. The molecule has 0 radical (unpaired) electrons. The second-order valence-corrected chi connectivity index (χ2v) is 8.71. The minimum atomic E-state index is -0.412. The van der Waals surface area contributed by atoms with Gasteiger partial charge in [0.2, 0.25) is 0 Å². The Balaban J connectivity index is 2.03. The highest BCUT2D eigenvalue weighted by atomic mass is 16.7. The van der Waals surface area contributed by atoms with Crippen LogP contribution in [0, 0.1) is 23.2 Å². The van der Waals surface area contributed by atoms with Gasteiger partial charge in [-0.3, -0.25) is 9.59 Å². The average molecular weight is 364 g/mol. The molecular weight excluding hydrogens is 332 g/mol. The molecule has 1 spiro atoms. The first-order valence-electron chi connectivity index (χ1n) is 9.84. The SMILES string of the molecule is C=CCCC(=O)[C@H]1[C@@H](C)[C@@H](OC(C)=O)C[C@H]2C(C)(C)O[C@@H]3OCCC[C@]312. The van der Waals surface area contributed by atoms with Crippen LogP contribution in [0.2, 0.25) is 0 Å². The number of hydrogen-bond donors (Lipinski definition) is 0. The van der Waals surface area contributed by atoms with Gasteiger partial charge in [-0.2, -0.15) is 0 Å². The summed E-state index contributed by atoms with van der Waals surface area (Å²) < 4.78 is 18.0. The second-order valence-electron chi connectivity index (χ2n) is 8.71. The first-order valence-corrected chi connectivity index (χ1v) is 9.84. The predicted molar refractivity (Wildman–Crippen MR) is 97.3 cm³/mol. The second kappa shape index (κ2) is 7.08. The van der Waals surface area contributed by atoms with E-state index < -0.39 is 5.60 Å². The summed E-state index contributed by atoms with van der Waals surface area (Å²) in [5.41, 5.74) is -0.736. The molecule has 146 valence electrons. The van der Waals surface area contributed by atoms with E-state index in [0.717, 1.165) is 19.3 Å². The van der Waals surface area contributed by atoms with Crippen LogP contribution in [0.1, 0.15) is 59.8 Å². The lowest BCUT2D eigenvalue weighted by molar-refractivity contribution is -0.232. The van der Waals surface area contributed by atoms with Crippen LogP contribution < -0.4 is 0 Å². The third kappa shape index (κ3) is 3.03. The molecule has 0 bridgehead atoms. The zero-order valence-electron chi connectivity index (χ0n) is 16.5. The summed E-state index contributed by atoms with van der Waals surface area (Å²) in [7, 11) is 0. The smallest absolute Gasteiger partial charge is 0.302 e. The van der Waals surface area contributed by atoms with Crippen molar-refractivity contribution in [1.82, 2.24) is 0 Å². The largest absolute Gasteiger partial charge is 0.462 e. The monoisotopic (exact) mass is 364 g/mol. The third-order valence-corrected chi connectivity index (χ3v) is 6.78. The third-order valence-electron chi connectivity index (χ3n) is 6.78. The average Bonchev–Trinajstić information content (AvgIpc) is 2.79. The molecule has 2 aliphatic heterocycles. The van der Waals surface area contributed by atoms with Gasteiger partial charge in [0.1, 0.15) is 11.9 Å². The molecule has 1 aliphatic carbocycles. The Hall–Kier alpha value is -1.20. The van der Waals surface area contributed by atoms with E-state index >= 15 is 0 Å². The van der Waals surface area contributed by atoms with Gasteiger partial charge in [0, 0.05) is 43.1 Å². The van der Waals surface area contributed by atoms with Gasteiger partial charge in [0.25, 0.3) is 0 Å². The molecule has 0 N–H and O–H groups in total. The highest BCUT2D eigenvalue weighted by molar-refractivity contribution is 5.83. The summed E-state index contributed by atoms with van der Waals surface area (Å²) in [5.74, 6) is -0.218. The number of allylic oxidation sites excluding steroid dienone is 1. The van der Waals surface area contributed by atoms with Gasteiger partial charge >= 0.3 is 5.97 Å². The Morgan fingerprint density at radius 1 is 1.35 bits per heavy atom. The Kier molecular flexibility index (Phi) is 5.33. The number of ether oxygens (including phenoxy) is 3. The Morgan fingerprint density at radius 2 is 2.08 bits per heavy atom. The maximum absolute atomic E-state index is 13.3. The number of Topliss-reactive ketones (excluding diaryl/α,β-unsaturated/α-hetero) is 1. The van der Waals surface area contributed by atoms with Crippen LogP contribution in [0.15, 0.2) is 12.7 Å². The lowest BCUT2D eigenvalue weighted by atomic mass is 9.50. The van der Waals surface area contributed by atoms with Gasteiger partial charge in [0.15, 0.2) is 6.29 Å². The highest BCUT2D eigenvalue weighted by Gasteiger charge is 2.69. The molecule has 0 aromatic heterocycles. The van der Waals surface area contributed by atoms with E-state index in [9.17, 15) is 9.59 Å². The van der Waals surface area contributed by atoms with Crippen molar-refractivity contribution < 1.29 is 23.8 Å². The van der Waals surface area contributed by atoms with Crippen molar-refractivity contribution in [2.24, 2.45) is 23.2 Å². The summed E-state index contributed by atoms with van der Waals surface area (Å²) in [6.45, 7) is 12.1. The fourth-order valence-corrected chi connectivity index (χ4v) is 5.86. The van der Waals surface area contributed by atoms with E-state index in [1.165, 1.54) is 6.92 Å². The molecule has 26 heavy (non-hydrogen) atoms. The van der Waals surface area contributed by atoms with Crippen molar-refractivity contribution in [1.29, 1.82) is 0 Å². The minimum Gasteiger partial charge on any atom is -0.462 e. The van der Waals surface area contributed by atoms with E-state index in [4.69, 9.17) is 14.2 Å². The van der Waals surface area contributed by atoms with Crippen molar-refractivity contribution in [2.75, 3.05) is 6.61 Å². The molecule has 6 atom stereocenters. The van der Waals surface area contributed by atoms with Crippen LogP contribution in [0.4, 0.5) is 0 Å². The zero-order valence-corrected chi connectivity index (χ0v) is 16.5. The van der Waals surface area contributed by atoms with Crippen molar-refractivity contribution in [3.05, 3.63) is 12.7 Å². The van der Waals surface area contributed by atoms with E-state index in [-0.39, 0.29) is 47.3 Å². The number of rotatable bonds is 5. The standard InChI is InChI=1S/C21H32O5/c1-6-7-9-15(23)18-13(2)16(25-14(3)22)12-17-20(4,5)26-19-21(17,18)10-8-11-24-19/h6,13,16-19H,1,7-12H2,2-5H3/t13-,16-,17-,18+,19-,21+/m0/s1. The molecule has 0 amide bonds. The molecule has 0 aromatic carbocycles. The summed E-state index contributed by atoms with van der Waals surface area (Å²) in [4.78, 5) is 25.0. The topological polar surface area (TPSA) is 61.8 Å². The van der Waals surface area contributed by atoms with Crippen LogP contribution in [-0.2, 0) is 23.8 Å². The molecule has 3 fully saturated rings. The van der Waals surface area contributed by atoms with Gasteiger partial charge in [0.05, 0.1) is 5.60 Å². The van der Waals surface area contributed by atoms with Crippen molar-refractivity contribution in [3.63, 3.8) is 0 Å². The van der Waals surface area contributed by atoms with Crippen LogP contribution >= 0.6 is 0 Å². The first-order chi connectivity index (χ1) is 12.2. The Labute approximate surface area is 156 Å². The minimum absolute atomic E-state index is 0.0471. The van der Waals surface area contributed by atoms with Crippen LogP contribution in [0.3, 0.4) is 0 Å². The first kappa shape index (κ1) is 19.6. The van der Waals surface area contributed by atoms with Crippen molar-refractivity contribution in [2.45, 2.75) is 77.8 Å². The van der Waals surface area contributed by atoms with Crippen LogP contribution in [0.5, 0.6) is 0 Å². The van der Waals surface area contributed by atoms with Gasteiger partial charge < -0.3 is 14.2 Å². The molecule has 0 aromatic rings. The molecule has 5 heteroatoms. The summed E-state index contributed by atoms with van der Waals surface area (Å²) in [5, 5.41) is 0. The summed E-state index contributed by atoms with van der Waals surface area (Å²) in [6, 6.07) is 0. The summed E-state index contributed by atoms with van der Waals surface area (Å²) in [6.07, 6.45) is 4.88. The Bertz CT molecular complexity index is 583. The number of hydrogen-bond acceptors (Lipinski definition) is 5. The highest BCUT2D eigenvalue weighted by Crippen LogP contribution is 2.64. The fraction of sp³-hybridized carbons (Fsp3) is 0.810. The van der Waals surface area contributed by atoms with Crippen molar-refractivity contribution in [3.8, 4) is 0 Å². The number of carbonyl (C=O) groups is 2. The van der Waals surface area contributed by atoms with Crippen LogP contribution in [-0.4, -0.2) is 36.4 Å². The molecule has 1 saturated carbocycles. The number of esters is 1. The maximum Gasteiger partial charge on any atom is 0.302 e. The molecule has 2 saturated heterocycles. The molecule has 5 nitrogen and oxygen atoms in total. The molecule has 3 aliphatic rings. The normalized spacial score (nSPS) is 41.0. The van der Waals surface area contributed by atoms with E-state index in [2.05, 4.69) is 20.4 Å². The van der Waals surface area contributed by atoms with E-state index in [1.54, 1.807) is 6.08 Å². The zero-order chi connectivity index (χ0) is 19.1. The molecule has 3 rings (SSSR count). The molecular formula is C21H32O5. The molecule has 2 heterocycles. The van der Waals surface area contributed by atoms with Crippen LogP contribution in [0.25, 0.3) is 0 Å². The maximum atomic E-state index is 13.3. The van der Waals surface area contributed by atoms with Crippen molar-refractivity contribution >= 4 is 11.8 Å². The number of carbonyl (C=O) groups excluding carboxylic acids is 2. The van der Waals surface area contributed by atoms with Gasteiger partial charge in [-0.25, -0.2) is 0 Å². The Morgan fingerprint density at radius 3 is 2.73 bits per heavy atom. The number of ketones is 1. The summed E-state index contributed by atoms with van der Waals surface area (Å²) >= 11 is 0. The predicted octanol–water partition coefficient (Wildman–Crippen LogP) is 3.66. The fourth-order valence-electron chi connectivity index (χ4n) is 5.86. The lowest BCUT2D eigenvalue weighted by Crippen LogP contribution is -2.59. The van der Waals surface area contributed by atoms with E-state index in [0.29, 0.717) is 19.4 Å². The van der Waals surface area contributed by atoms with Gasteiger partial charge in [-0.15, -0.1) is 6.58 Å². The van der Waals surface area contributed by atoms with E-state index in [1.807, 2.05) is 6.92 Å². The quantitative estimate of drug-likeness (QED) is 0.550.